The maximum atomic E-state index is 13.8. The topological polar surface area (TPSA) is 106 Å². The Balaban J connectivity index is 1.65. The molecular formula is C27H28FN7O2. The Morgan fingerprint density at radius 1 is 1.00 bits per heavy atom. The third kappa shape index (κ3) is 6.60. The van der Waals surface area contributed by atoms with Crippen LogP contribution < -0.4 is 10.2 Å². The van der Waals surface area contributed by atoms with E-state index in [1.807, 2.05) is 6.07 Å². The zero-order chi connectivity index (χ0) is 26.2. The zero-order valence-corrected chi connectivity index (χ0v) is 20.7. The number of nitrogens with zero attached hydrogens (tertiary/aromatic N) is 6. The highest BCUT2D eigenvalue weighted by Gasteiger charge is 2.33. The van der Waals surface area contributed by atoms with E-state index in [9.17, 15) is 14.0 Å². The standard InChI is InChI=1S/C27H28FN7O2/c1-19(2)12-17-30-27(37)25(20-13-15-29-16-14-20)35(23-6-4-3-5-7-23)24(36)18-34-32-26(31-33-34)21-8-10-22(28)11-9-21/h3-11,13-16,19,25H,12,17-18H2,1-2H3,(H,30,37)/t25-/m1/s1. The van der Waals surface area contributed by atoms with Crippen molar-refractivity contribution in [2.75, 3.05) is 11.4 Å². The highest BCUT2D eigenvalue weighted by Crippen LogP contribution is 2.28. The SMILES string of the molecule is CC(C)CCNC(=O)[C@@H](c1ccncc1)N(C(=O)Cn1nnc(-c2ccc(F)cc2)n1)c1ccccc1. The molecule has 0 aliphatic carbocycles. The summed E-state index contributed by atoms with van der Waals surface area (Å²) in [5.74, 6) is -0.410. The molecule has 0 bridgehead atoms. The molecule has 0 fully saturated rings. The average molecular weight is 502 g/mol. The Bertz CT molecular complexity index is 1310. The van der Waals surface area contributed by atoms with Crippen LogP contribution in [0.2, 0.25) is 0 Å². The van der Waals surface area contributed by atoms with Gasteiger partial charge in [-0.2, -0.15) is 4.80 Å². The fraction of sp³-hybridized carbons (Fsp3) is 0.259. The molecule has 0 spiro atoms. The van der Waals surface area contributed by atoms with Crippen LogP contribution in [0.4, 0.5) is 10.1 Å². The van der Waals surface area contributed by atoms with Gasteiger partial charge in [0.15, 0.2) is 0 Å². The first kappa shape index (κ1) is 25.6. The molecule has 2 heterocycles. The molecule has 4 rings (SSSR count). The van der Waals surface area contributed by atoms with Gasteiger partial charge in [0.05, 0.1) is 0 Å². The van der Waals surface area contributed by atoms with E-state index in [0.29, 0.717) is 29.3 Å². The van der Waals surface area contributed by atoms with Crippen LogP contribution >= 0.6 is 0 Å². The van der Waals surface area contributed by atoms with Crippen LogP contribution in [0.3, 0.4) is 0 Å². The van der Waals surface area contributed by atoms with E-state index in [0.717, 1.165) is 11.2 Å². The van der Waals surface area contributed by atoms with Crippen LogP contribution in [0.5, 0.6) is 0 Å². The van der Waals surface area contributed by atoms with Crippen molar-refractivity contribution in [3.8, 4) is 11.4 Å². The molecule has 2 amide bonds. The number of nitrogens with one attached hydrogen (secondary N) is 1. The van der Waals surface area contributed by atoms with Gasteiger partial charge < -0.3 is 5.32 Å². The molecule has 0 aliphatic heterocycles. The first-order valence-corrected chi connectivity index (χ1v) is 12.0. The summed E-state index contributed by atoms with van der Waals surface area (Å²) in [6, 6.07) is 17.2. The normalized spacial score (nSPS) is 11.8. The van der Waals surface area contributed by atoms with Gasteiger partial charge in [-0.1, -0.05) is 32.0 Å². The van der Waals surface area contributed by atoms with Crippen LogP contribution in [-0.4, -0.2) is 43.6 Å². The first-order valence-electron chi connectivity index (χ1n) is 12.0. The Morgan fingerprint density at radius 2 is 1.70 bits per heavy atom. The Morgan fingerprint density at radius 3 is 2.38 bits per heavy atom. The van der Waals surface area contributed by atoms with E-state index in [1.54, 1.807) is 48.8 Å². The molecule has 190 valence electrons. The Kier molecular flexibility index (Phi) is 8.29. The quantitative estimate of drug-likeness (QED) is 0.354. The summed E-state index contributed by atoms with van der Waals surface area (Å²) in [4.78, 5) is 33.9. The van der Waals surface area contributed by atoms with E-state index in [2.05, 4.69) is 39.6 Å². The molecule has 10 heteroatoms. The van der Waals surface area contributed by atoms with E-state index in [-0.39, 0.29) is 24.1 Å². The van der Waals surface area contributed by atoms with E-state index in [1.165, 1.54) is 29.2 Å². The molecule has 37 heavy (non-hydrogen) atoms. The Labute approximate surface area is 214 Å². The van der Waals surface area contributed by atoms with Gasteiger partial charge in [-0.05, 0) is 71.6 Å². The average Bonchev–Trinajstić information content (AvgIpc) is 3.36. The fourth-order valence-electron chi connectivity index (χ4n) is 3.79. The number of benzene rings is 2. The number of aromatic nitrogens is 5. The summed E-state index contributed by atoms with van der Waals surface area (Å²) in [5, 5.41) is 15.3. The highest BCUT2D eigenvalue weighted by atomic mass is 19.1. The number of carbonyl (C=O) groups is 2. The van der Waals surface area contributed by atoms with Crippen molar-refractivity contribution < 1.29 is 14.0 Å². The fourth-order valence-corrected chi connectivity index (χ4v) is 3.79. The second kappa shape index (κ2) is 12.0. The second-order valence-electron chi connectivity index (χ2n) is 8.91. The summed E-state index contributed by atoms with van der Waals surface area (Å²) >= 11 is 0. The lowest BCUT2D eigenvalue weighted by atomic mass is 10.0. The molecule has 0 saturated carbocycles. The molecule has 2 aromatic carbocycles. The highest BCUT2D eigenvalue weighted by molar-refractivity contribution is 6.01. The van der Waals surface area contributed by atoms with E-state index < -0.39 is 11.9 Å². The lowest BCUT2D eigenvalue weighted by Gasteiger charge is -2.31. The van der Waals surface area contributed by atoms with Crippen molar-refractivity contribution in [3.05, 3.63) is 90.5 Å². The minimum Gasteiger partial charge on any atom is -0.354 e. The third-order valence-electron chi connectivity index (χ3n) is 5.68. The van der Waals surface area contributed by atoms with Gasteiger partial charge in [-0.15, -0.1) is 10.2 Å². The van der Waals surface area contributed by atoms with Gasteiger partial charge >= 0.3 is 0 Å². The van der Waals surface area contributed by atoms with Crippen molar-refractivity contribution in [3.63, 3.8) is 0 Å². The summed E-state index contributed by atoms with van der Waals surface area (Å²) < 4.78 is 13.3. The number of para-hydroxylation sites is 1. The predicted octanol–water partition coefficient (Wildman–Crippen LogP) is 3.81. The van der Waals surface area contributed by atoms with E-state index in [4.69, 9.17) is 0 Å². The van der Waals surface area contributed by atoms with Crippen molar-refractivity contribution in [1.29, 1.82) is 0 Å². The minimum absolute atomic E-state index is 0.260. The largest absolute Gasteiger partial charge is 0.354 e. The molecular weight excluding hydrogens is 473 g/mol. The smallest absolute Gasteiger partial charge is 0.251 e. The lowest BCUT2D eigenvalue weighted by molar-refractivity contribution is -0.127. The van der Waals surface area contributed by atoms with E-state index >= 15 is 0 Å². The number of tetrazole rings is 1. The molecule has 4 aromatic rings. The molecule has 0 unspecified atom stereocenters. The van der Waals surface area contributed by atoms with Gasteiger partial charge in [-0.25, -0.2) is 4.39 Å². The summed E-state index contributed by atoms with van der Waals surface area (Å²) in [5.41, 5.74) is 1.74. The number of amides is 2. The van der Waals surface area contributed by atoms with Crippen LogP contribution in [0, 0.1) is 11.7 Å². The minimum atomic E-state index is -0.940. The van der Waals surface area contributed by atoms with Gasteiger partial charge in [0.2, 0.25) is 11.7 Å². The van der Waals surface area contributed by atoms with Crippen molar-refractivity contribution >= 4 is 17.5 Å². The second-order valence-corrected chi connectivity index (χ2v) is 8.91. The molecule has 1 N–H and O–H groups in total. The van der Waals surface area contributed by atoms with Gasteiger partial charge in [0.25, 0.3) is 5.91 Å². The van der Waals surface area contributed by atoms with Crippen LogP contribution in [0.25, 0.3) is 11.4 Å². The summed E-state index contributed by atoms with van der Waals surface area (Å²) in [6.45, 7) is 4.39. The first-order chi connectivity index (χ1) is 17.9. The monoisotopic (exact) mass is 501 g/mol. The molecule has 0 aliphatic rings. The number of carbonyl (C=O) groups excluding carboxylic acids is 2. The maximum Gasteiger partial charge on any atom is 0.251 e. The van der Waals surface area contributed by atoms with Crippen LogP contribution in [0.15, 0.2) is 79.1 Å². The van der Waals surface area contributed by atoms with Crippen LogP contribution in [0.1, 0.15) is 31.9 Å². The zero-order valence-electron chi connectivity index (χ0n) is 20.7. The number of hydrogen-bond acceptors (Lipinski definition) is 6. The lowest BCUT2D eigenvalue weighted by Crippen LogP contribution is -2.45. The molecule has 1 atom stereocenters. The van der Waals surface area contributed by atoms with Gasteiger partial charge in [0.1, 0.15) is 18.4 Å². The molecule has 0 radical (unpaired) electrons. The molecule has 2 aromatic heterocycles. The number of pyridine rings is 1. The number of anilines is 1. The van der Waals surface area contributed by atoms with Crippen molar-refractivity contribution in [2.45, 2.75) is 32.9 Å². The molecule has 0 saturated heterocycles. The predicted molar refractivity (Wildman–Crippen MR) is 137 cm³/mol. The van der Waals surface area contributed by atoms with Gasteiger partial charge in [-0.3, -0.25) is 19.5 Å². The van der Waals surface area contributed by atoms with Crippen LogP contribution in [-0.2, 0) is 16.1 Å². The van der Waals surface area contributed by atoms with Crippen molar-refractivity contribution in [1.82, 2.24) is 30.5 Å². The number of rotatable bonds is 10. The Hall–Kier alpha value is -4.47. The maximum absolute atomic E-state index is 13.8. The van der Waals surface area contributed by atoms with Gasteiger partial charge in [0, 0.05) is 30.2 Å². The summed E-state index contributed by atoms with van der Waals surface area (Å²) in [7, 11) is 0. The molecule has 9 nitrogen and oxygen atoms in total. The summed E-state index contributed by atoms with van der Waals surface area (Å²) in [6.07, 6.45) is 3.99. The third-order valence-corrected chi connectivity index (χ3v) is 5.68. The number of halogens is 1. The number of hydrogen-bond donors (Lipinski definition) is 1. The van der Waals surface area contributed by atoms with Crippen molar-refractivity contribution in [2.24, 2.45) is 5.92 Å².